The van der Waals surface area contributed by atoms with E-state index in [0.717, 1.165) is 16.3 Å². The molecule has 0 saturated heterocycles. The number of benzene rings is 3. The Morgan fingerprint density at radius 3 is 2.45 bits per heavy atom. The molecule has 0 saturated carbocycles. The maximum atomic E-state index is 13.1. The molecule has 0 fully saturated rings. The van der Waals surface area contributed by atoms with Gasteiger partial charge in [-0.25, -0.2) is 0 Å². The fourth-order valence-corrected chi connectivity index (χ4v) is 3.40. The van der Waals surface area contributed by atoms with Gasteiger partial charge < -0.3 is 14.2 Å². The average Bonchev–Trinajstić information content (AvgIpc) is 3.24. The quantitative estimate of drug-likeness (QED) is 0.438. The molecule has 158 valence electrons. The zero-order chi connectivity index (χ0) is 21.8. The third kappa shape index (κ3) is 4.74. The van der Waals surface area contributed by atoms with Gasteiger partial charge in [0.2, 0.25) is 11.7 Å². The third-order valence-corrected chi connectivity index (χ3v) is 5.01. The van der Waals surface area contributed by atoms with E-state index >= 15 is 0 Å². The number of amides is 1. The molecule has 0 aliphatic rings. The lowest BCUT2D eigenvalue weighted by Crippen LogP contribution is -2.47. The number of hydrogen-bond donors (Lipinski definition) is 0. The zero-order valence-corrected chi connectivity index (χ0v) is 17.9. The minimum Gasteiger partial charge on any atom is -0.483 e. The average molecular weight is 415 g/mol. The summed E-state index contributed by atoms with van der Waals surface area (Å²) in [6.45, 7) is 6.04. The highest BCUT2D eigenvalue weighted by Gasteiger charge is 2.29. The molecule has 4 aromatic rings. The predicted molar refractivity (Wildman–Crippen MR) is 119 cm³/mol. The van der Waals surface area contributed by atoms with Crippen LogP contribution in [0.25, 0.3) is 22.2 Å². The van der Waals surface area contributed by atoms with Crippen molar-refractivity contribution in [1.29, 1.82) is 0 Å². The Hall–Kier alpha value is -3.67. The van der Waals surface area contributed by atoms with Crippen molar-refractivity contribution >= 4 is 16.7 Å². The maximum absolute atomic E-state index is 13.1. The Morgan fingerprint density at radius 1 is 0.968 bits per heavy atom. The number of carbonyl (C=O) groups is 1. The van der Waals surface area contributed by atoms with Gasteiger partial charge in [0.1, 0.15) is 12.3 Å². The molecule has 0 radical (unpaired) electrons. The van der Waals surface area contributed by atoms with Crippen LogP contribution in [0.2, 0.25) is 0 Å². The van der Waals surface area contributed by atoms with Gasteiger partial charge in [-0.15, -0.1) is 0 Å². The summed E-state index contributed by atoms with van der Waals surface area (Å²) in [7, 11) is 0. The number of rotatable bonds is 6. The van der Waals surface area contributed by atoms with Crippen LogP contribution in [-0.4, -0.2) is 33.1 Å². The van der Waals surface area contributed by atoms with Crippen LogP contribution in [-0.2, 0) is 11.3 Å². The second-order valence-corrected chi connectivity index (χ2v) is 8.29. The lowest BCUT2D eigenvalue weighted by atomic mass is 10.1. The summed E-state index contributed by atoms with van der Waals surface area (Å²) in [5, 5.41) is 6.10. The maximum Gasteiger partial charge on any atom is 0.261 e. The molecule has 0 bridgehead atoms. The number of carbonyl (C=O) groups excluding carboxylic acids is 1. The first-order valence-corrected chi connectivity index (χ1v) is 10.2. The second kappa shape index (κ2) is 8.60. The number of hydrogen-bond acceptors (Lipinski definition) is 5. The molecule has 0 N–H and O–H groups in total. The van der Waals surface area contributed by atoms with Crippen LogP contribution < -0.4 is 4.74 Å². The molecule has 3 aromatic carbocycles. The van der Waals surface area contributed by atoms with Gasteiger partial charge in [-0.3, -0.25) is 4.79 Å². The number of ether oxygens (including phenoxy) is 1. The molecule has 6 nitrogen and oxygen atoms in total. The summed E-state index contributed by atoms with van der Waals surface area (Å²) in [5.41, 5.74) is 0.422. The van der Waals surface area contributed by atoms with E-state index in [1.54, 1.807) is 4.90 Å². The molecule has 1 aromatic heterocycles. The molecule has 0 atom stereocenters. The fourth-order valence-electron chi connectivity index (χ4n) is 3.40. The van der Waals surface area contributed by atoms with Crippen molar-refractivity contribution in [2.45, 2.75) is 32.9 Å². The van der Waals surface area contributed by atoms with Crippen LogP contribution in [0.15, 0.2) is 77.3 Å². The van der Waals surface area contributed by atoms with Crippen LogP contribution >= 0.6 is 0 Å². The first-order chi connectivity index (χ1) is 14.9. The molecule has 0 spiro atoms. The summed E-state index contributed by atoms with van der Waals surface area (Å²) >= 11 is 0. The van der Waals surface area contributed by atoms with E-state index in [0.29, 0.717) is 17.5 Å². The van der Waals surface area contributed by atoms with E-state index in [-0.39, 0.29) is 19.1 Å². The van der Waals surface area contributed by atoms with Crippen molar-refractivity contribution in [2.24, 2.45) is 0 Å². The fraction of sp³-hybridized carbons (Fsp3) is 0.240. The zero-order valence-electron chi connectivity index (χ0n) is 17.9. The van der Waals surface area contributed by atoms with Crippen LogP contribution in [0.1, 0.15) is 26.7 Å². The molecule has 6 heteroatoms. The summed E-state index contributed by atoms with van der Waals surface area (Å²) in [6.07, 6.45) is 0. The van der Waals surface area contributed by atoms with E-state index in [1.807, 2.05) is 93.6 Å². The highest BCUT2D eigenvalue weighted by molar-refractivity contribution is 5.88. The molecule has 31 heavy (non-hydrogen) atoms. The predicted octanol–water partition coefficient (Wildman–Crippen LogP) is 5.10. The monoisotopic (exact) mass is 415 g/mol. The van der Waals surface area contributed by atoms with Crippen LogP contribution in [0.4, 0.5) is 0 Å². The van der Waals surface area contributed by atoms with Gasteiger partial charge >= 0.3 is 0 Å². The molecule has 4 rings (SSSR count). The van der Waals surface area contributed by atoms with Crippen molar-refractivity contribution in [3.63, 3.8) is 0 Å². The Labute approximate surface area is 181 Å². The Kier molecular flexibility index (Phi) is 5.71. The lowest BCUT2D eigenvalue weighted by molar-refractivity contribution is -0.139. The number of fused-ring (bicyclic) bond motifs is 1. The second-order valence-electron chi connectivity index (χ2n) is 8.29. The van der Waals surface area contributed by atoms with Crippen molar-refractivity contribution in [3.05, 3.63) is 78.7 Å². The van der Waals surface area contributed by atoms with Gasteiger partial charge in [0.25, 0.3) is 5.91 Å². The summed E-state index contributed by atoms with van der Waals surface area (Å²) in [5.74, 6) is 1.42. The molecule has 1 amide bonds. The van der Waals surface area contributed by atoms with Gasteiger partial charge in [-0.1, -0.05) is 71.9 Å². The summed E-state index contributed by atoms with van der Waals surface area (Å²) in [6, 6.07) is 23.4. The lowest BCUT2D eigenvalue weighted by Gasteiger charge is -2.34. The highest BCUT2D eigenvalue weighted by Crippen LogP contribution is 2.26. The molecular formula is C25H25N3O3. The number of nitrogens with zero attached hydrogens (tertiary/aromatic N) is 3. The van der Waals surface area contributed by atoms with Crippen molar-refractivity contribution < 1.29 is 14.1 Å². The van der Waals surface area contributed by atoms with E-state index in [9.17, 15) is 4.79 Å². The van der Waals surface area contributed by atoms with Crippen molar-refractivity contribution in [1.82, 2.24) is 15.0 Å². The van der Waals surface area contributed by atoms with E-state index in [2.05, 4.69) is 10.1 Å². The van der Waals surface area contributed by atoms with Crippen LogP contribution in [0.3, 0.4) is 0 Å². The highest BCUT2D eigenvalue weighted by atomic mass is 16.5. The van der Waals surface area contributed by atoms with Crippen LogP contribution in [0.5, 0.6) is 5.75 Å². The first kappa shape index (κ1) is 20.6. The minimum atomic E-state index is -0.444. The Bertz CT molecular complexity index is 1170. The SMILES string of the molecule is CC(C)(C)N(Cc1nc(-c2ccccc2)no1)C(=O)COc1cccc2ccccc12. The van der Waals surface area contributed by atoms with Gasteiger partial charge in [-0.05, 0) is 32.2 Å². The summed E-state index contributed by atoms with van der Waals surface area (Å²) in [4.78, 5) is 19.2. The van der Waals surface area contributed by atoms with Crippen molar-refractivity contribution in [2.75, 3.05) is 6.61 Å². The Morgan fingerprint density at radius 2 is 1.68 bits per heavy atom. The molecular weight excluding hydrogens is 390 g/mol. The topological polar surface area (TPSA) is 68.5 Å². The molecule has 0 aliphatic carbocycles. The number of aromatic nitrogens is 2. The first-order valence-electron chi connectivity index (χ1n) is 10.2. The standard InChI is InChI=1S/C25H25N3O3/c1-25(2,3)28(16-22-26-24(27-31-22)19-11-5-4-6-12-19)23(29)17-30-21-15-9-13-18-10-7-8-14-20(18)21/h4-15H,16-17H2,1-3H3. The van der Waals surface area contributed by atoms with Gasteiger partial charge in [0, 0.05) is 16.5 Å². The largest absolute Gasteiger partial charge is 0.483 e. The third-order valence-electron chi connectivity index (χ3n) is 5.01. The Balaban J connectivity index is 1.49. The van der Waals surface area contributed by atoms with E-state index < -0.39 is 5.54 Å². The molecule has 0 aliphatic heterocycles. The van der Waals surface area contributed by atoms with Crippen LogP contribution in [0, 0.1) is 0 Å². The molecule has 0 unspecified atom stereocenters. The van der Waals surface area contributed by atoms with Crippen molar-refractivity contribution in [3.8, 4) is 17.1 Å². The smallest absolute Gasteiger partial charge is 0.261 e. The van der Waals surface area contributed by atoms with Gasteiger partial charge in [0.05, 0.1) is 0 Å². The van der Waals surface area contributed by atoms with E-state index in [1.165, 1.54) is 0 Å². The van der Waals surface area contributed by atoms with Gasteiger partial charge in [0.15, 0.2) is 6.61 Å². The summed E-state index contributed by atoms with van der Waals surface area (Å²) < 4.78 is 11.3. The molecule has 1 heterocycles. The van der Waals surface area contributed by atoms with Gasteiger partial charge in [-0.2, -0.15) is 4.98 Å². The van der Waals surface area contributed by atoms with E-state index in [4.69, 9.17) is 9.26 Å². The normalized spacial score (nSPS) is 11.5. The minimum absolute atomic E-state index is 0.0784.